The lowest BCUT2D eigenvalue weighted by Crippen LogP contribution is -2.50. The standard InChI is InChI=1S/C12H14Cl2FNO3/c13-9-6-10(14)11(15)5-8(9)12(18)7-16(1-3-17)2-4-19-12/h5-6,17-18H,1-4,7H2. The van der Waals surface area contributed by atoms with Gasteiger partial charge in [0.15, 0.2) is 0 Å². The zero-order valence-electron chi connectivity index (χ0n) is 10.1. The van der Waals surface area contributed by atoms with Crippen molar-refractivity contribution in [3.8, 4) is 0 Å². The van der Waals surface area contributed by atoms with Gasteiger partial charge in [-0.1, -0.05) is 23.2 Å². The van der Waals surface area contributed by atoms with E-state index in [-0.39, 0.29) is 35.4 Å². The molecule has 0 aliphatic carbocycles. The number of ether oxygens (including phenoxy) is 1. The van der Waals surface area contributed by atoms with Crippen LogP contribution in [0.5, 0.6) is 0 Å². The molecule has 4 nitrogen and oxygen atoms in total. The second-order valence-electron chi connectivity index (χ2n) is 4.38. The van der Waals surface area contributed by atoms with Crippen molar-refractivity contribution in [2.24, 2.45) is 0 Å². The van der Waals surface area contributed by atoms with Crippen molar-refractivity contribution in [3.63, 3.8) is 0 Å². The highest BCUT2D eigenvalue weighted by molar-refractivity contribution is 6.35. The third-order valence-corrected chi connectivity index (χ3v) is 3.64. The molecule has 0 spiro atoms. The number of aliphatic hydroxyl groups excluding tert-OH is 1. The normalized spacial score (nSPS) is 24.7. The third kappa shape index (κ3) is 3.18. The van der Waals surface area contributed by atoms with Crippen molar-refractivity contribution in [1.29, 1.82) is 0 Å². The van der Waals surface area contributed by atoms with Crippen LogP contribution in [0.15, 0.2) is 12.1 Å². The number of hydrogen-bond donors (Lipinski definition) is 2. The van der Waals surface area contributed by atoms with Crippen LogP contribution >= 0.6 is 23.2 Å². The van der Waals surface area contributed by atoms with Crippen LogP contribution in [0.25, 0.3) is 0 Å². The number of benzene rings is 1. The average Bonchev–Trinajstić information content (AvgIpc) is 2.34. The average molecular weight is 310 g/mol. The van der Waals surface area contributed by atoms with E-state index in [0.29, 0.717) is 13.1 Å². The van der Waals surface area contributed by atoms with Crippen LogP contribution in [0, 0.1) is 5.82 Å². The summed E-state index contributed by atoms with van der Waals surface area (Å²) in [5.74, 6) is -2.37. The molecule has 1 unspecified atom stereocenters. The van der Waals surface area contributed by atoms with Crippen LogP contribution in [0.2, 0.25) is 10.0 Å². The summed E-state index contributed by atoms with van der Waals surface area (Å²) in [6, 6.07) is 2.31. The molecule has 1 aliphatic heterocycles. The fourth-order valence-electron chi connectivity index (χ4n) is 2.09. The first-order chi connectivity index (χ1) is 8.96. The van der Waals surface area contributed by atoms with Crippen molar-refractivity contribution in [2.75, 3.05) is 32.8 Å². The van der Waals surface area contributed by atoms with Gasteiger partial charge in [0.05, 0.1) is 29.8 Å². The SMILES string of the molecule is OCCN1CCOC(O)(c2cc(F)c(Cl)cc2Cl)C1. The number of morpholine rings is 1. The van der Waals surface area contributed by atoms with Crippen LogP contribution in [-0.2, 0) is 10.5 Å². The van der Waals surface area contributed by atoms with Gasteiger partial charge in [0.25, 0.3) is 0 Å². The Kier molecular flexibility index (Phi) is 4.66. The quantitative estimate of drug-likeness (QED) is 0.833. The van der Waals surface area contributed by atoms with E-state index < -0.39 is 11.6 Å². The highest BCUT2D eigenvalue weighted by Crippen LogP contribution is 2.35. The van der Waals surface area contributed by atoms with Gasteiger partial charge in [0.1, 0.15) is 5.82 Å². The fraction of sp³-hybridized carbons (Fsp3) is 0.500. The molecule has 2 N–H and O–H groups in total. The largest absolute Gasteiger partial charge is 0.395 e. The van der Waals surface area contributed by atoms with Crippen LogP contribution < -0.4 is 0 Å². The summed E-state index contributed by atoms with van der Waals surface area (Å²) in [5, 5.41) is 19.5. The molecule has 19 heavy (non-hydrogen) atoms. The Morgan fingerprint density at radius 3 is 2.79 bits per heavy atom. The van der Waals surface area contributed by atoms with Gasteiger partial charge in [-0.05, 0) is 12.1 Å². The third-order valence-electron chi connectivity index (χ3n) is 3.03. The van der Waals surface area contributed by atoms with E-state index in [1.54, 1.807) is 0 Å². The highest BCUT2D eigenvalue weighted by Gasteiger charge is 2.38. The van der Waals surface area contributed by atoms with E-state index in [0.717, 1.165) is 6.07 Å². The minimum Gasteiger partial charge on any atom is -0.395 e. The Bertz CT molecular complexity index is 473. The second kappa shape index (κ2) is 5.91. The molecule has 106 valence electrons. The van der Waals surface area contributed by atoms with Crippen molar-refractivity contribution in [2.45, 2.75) is 5.79 Å². The van der Waals surface area contributed by atoms with Crippen molar-refractivity contribution in [3.05, 3.63) is 33.6 Å². The maximum atomic E-state index is 13.5. The van der Waals surface area contributed by atoms with E-state index >= 15 is 0 Å². The zero-order valence-corrected chi connectivity index (χ0v) is 11.6. The molecule has 1 saturated heterocycles. The smallest absolute Gasteiger partial charge is 0.207 e. The molecule has 1 heterocycles. The first-order valence-corrected chi connectivity index (χ1v) is 6.56. The Morgan fingerprint density at radius 1 is 1.37 bits per heavy atom. The molecule has 1 aromatic carbocycles. The van der Waals surface area contributed by atoms with Gasteiger partial charge in [0, 0.05) is 18.7 Å². The molecule has 0 bridgehead atoms. The lowest BCUT2D eigenvalue weighted by atomic mass is 10.0. The van der Waals surface area contributed by atoms with E-state index in [1.807, 2.05) is 4.90 Å². The summed E-state index contributed by atoms with van der Waals surface area (Å²) in [6.45, 7) is 1.32. The molecule has 7 heteroatoms. The zero-order chi connectivity index (χ0) is 14.0. The maximum absolute atomic E-state index is 13.5. The fourth-order valence-corrected chi connectivity index (χ4v) is 2.62. The van der Waals surface area contributed by atoms with Gasteiger partial charge in [-0.3, -0.25) is 4.90 Å². The summed E-state index contributed by atoms with van der Waals surface area (Å²) < 4.78 is 18.9. The van der Waals surface area contributed by atoms with E-state index in [9.17, 15) is 9.50 Å². The number of aliphatic hydroxyl groups is 2. The summed E-state index contributed by atoms with van der Waals surface area (Å²) in [7, 11) is 0. The Hall–Kier alpha value is -0.430. The van der Waals surface area contributed by atoms with Crippen LogP contribution in [0.3, 0.4) is 0 Å². The highest BCUT2D eigenvalue weighted by atomic mass is 35.5. The van der Waals surface area contributed by atoms with Crippen molar-refractivity contribution in [1.82, 2.24) is 4.90 Å². The first kappa shape index (κ1) is 15.0. The Morgan fingerprint density at radius 2 is 2.11 bits per heavy atom. The molecule has 0 saturated carbocycles. The molecule has 1 aromatic rings. The van der Waals surface area contributed by atoms with Crippen LogP contribution in [0.1, 0.15) is 5.56 Å². The number of halogens is 3. The molecule has 2 rings (SSSR count). The summed E-state index contributed by atoms with van der Waals surface area (Å²) >= 11 is 11.6. The lowest BCUT2D eigenvalue weighted by Gasteiger charge is -2.39. The Balaban J connectivity index is 2.31. The lowest BCUT2D eigenvalue weighted by molar-refractivity contribution is -0.248. The van der Waals surface area contributed by atoms with Gasteiger partial charge in [-0.15, -0.1) is 0 Å². The number of β-amino-alcohol motifs (C(OH)–C–C–N with tert-alkyl or cyclic N) is 2. The van der Waals surface area contributed by atoms with Crippen molar-refractivity contribution >= 4 is 23.2 Å². The van der Waals surface area contributed by atoms with Gasteiger partial charge in [-0.25, -0.2) is 4.39 Å². The Labute approximate surface area is 120 Å². The maximum Gasteiger partial charge on any atom is 0.207 e. The molecule has 0 radical (unpaired) electrons. The molecule has 1 atom stereocenters. The summed E-state index contributed by atoms with van der Waals surface area (Å²) in [4.78, 5) is 1.81. The monoisotopic (exact) mass is 309 g/mol. The number of rotatable bonds is 3. The minimum absolute atomic E-state index is 0.0290. The molecular formula is C12H14Cl2FNO3. The van der Waals surface area contributed by atoms with Gasteiger partial charge >= 0.3 is 0 Å². The summed E-state index contributed by atoms with van der Waals surface area (Å²) in [6.07, 6.45) is 0. The molecule has 0 aromatic heterocycles. The first-order valence-electron chi connectivity index (χ1n) is 5.81. The van der Waals surface area contributed by atoms with E-state index in [1.165, 1.54) is 6.07 Å². The van der Waals surface area contributed by atoms with Crippen LogP contribution in [-0.4, -0.2) is 48.0 Å². The second-order valence-corrected chi connectivity index (χ2v) is 5.19. The van der Waals surface area contributed by atoms with Gasteiger partial charge < -0.3 is 14.9 Å². The number of nitrogens with zero attached hydrogens (tertiary/aromatic N) is 1. The predicted molar refractivity (Wildman–Crippen MR) is 69.8 cm³/mol. The molecule has 1 fully saturated rings. The predicted octanol–water partition coefficient (Wildman–Crippen LogP) is 1.60. The van der Waals surface area contributed by atoms with Gasteiger partial charge in [-0.2, -0.15) is 0 Å². The van der Waals surface area contributed by atoms with Crippen LogP contribution in [0.4, 0.5) is 4.39 Å². The molecular weight excluding hydrogens is 296 g/mol. The van der Waals surface area contributed by atoms with E-state index in [2.05, 4.69) is 0 Å². The van der Waals surface area contributed by atoms with E-state index in [4.69, 9.17) is 33.0 Å². The minimum atomic E-state index is -1.70. The molecule has 0 amide bonds. The van der Waals surface area contributed by atoms with Crippen molar-refractivity contribution < 1.29 is 19.3 Å². The summed E-state index contributed by atoms with van der Waals surface area (Å²) in [5.41, 5.74) is 0.138. The topological polar surface area (TPSA) is 52.9 Å². The van der Waals surface area contributed by atoms with Gasteiger partial charge in [0.2, 0.25) is 5.79 Å². The molecule has 1 aliphatic rings. The number of hydrogen-bond acceptors (Lipinski definition) is 4.